The number of benzene rings is 2. The zero-order chi connectivity index (χ0) is 19.4. The van der Waals surface area contributed by atoms with Gasteiger partial charge in [0.05, 0.1) is 22.4 Å². The quantitative estimate of drug-likeness (QED) is 0.481. The van der Waals surface area contributed by atoms with Gasteiger partial charge in [-0.25, -0.2) is 0 Å². The van der Waals surface area contributed by atoms with Crippen molar-refractivity contribution >= 4 is 32.3 Å². The van der Waals surface area contributed by atoms with Crippen molar-refractivity contribution in [2.75, 3.05) is 6.61 Å². The van der Waals surface area contributed by atoms with Crippen LogP contribution in [0.2, 0.25) is 0 Å². The number of phenols is 2. The van der Waals surface area contributed by atoms with Crippen LogP contribution < -0.4 is 4.74 Å². The topological polar surface area (TPSA) is 83.8 Å². The normalized spacial score (nSPS) is 12.8. The van der Waals surface area contributed by atoms with Crippen LogP contribution in [0.15, 0.2) is 42.5 Å². The molecule has 2 bridgehead atoms. The number of thiophene rings is 2. The molecule has 0 saturated heterocycles. The predicted molar refractivity (Wildman–Crippen MR) is 106 cm³/mol. The highest BCUT2D eigenvalue weighted by Gasteiger charge is 2.25. The Morgan fingerprint density at radius 1 is 0.926 bits per heavy atom. The fourth-order valence-electron chi connectivity index (χ4n) is 2.81. The molecule has 0 radical (unpaired) electrons. The number of ether oxygens (including phenoxy) is 1. The highest BCUT2D eigenvalue weighted by atomic mass is 32.1. The molecule has 0 unspecified atom stereocenters. The van der Waals surface area contributed by atoms with Crippen molar-refractivity contribution in [2.24, 2.45) is 0 Å². The van der Waals surface area contributed by atoms with Gasteiger partial charge in [-0.05, 0) is 48.9 Å². The molecule has 0 amide bonds. The second-order valence-electron chi connectivity index (χ2n) is 6.18. The molecular weight excluding hydrogens is 364 g/mol. The Morgan fingerprint density at radius 2 is 1.56 bits per heavy atom. The summed E-state index contributed by atoms with van der Waals surface area (Å²) >= 11 is 1.81. The van der Waals surface area contributed by atoms with Gasteiger partial charge in [0.1, 0.15) is 17.2 Å². The molecule has 27 heavy (non-hydrogen) atoms. The first-order valence-corrected chi connectivity index (χ1v) is 9.59. The van der Waals surface area contributed by atoms with Gasteiger partial charge >= 0.3 is 0 Å². The van der Waals surface area contributed by atoms with E-state index in [1.54, 1.807) is 0 Å². The lowest BCUT2D eigenvalue weighted by Gasteiger charge is -2.11. The Morgan fingerprint density at radius 3 is 2.04 bits per heavy atom. The summed E-state index contributed by atoms with van der Waals surface area (Å²) in [7, 11) is 0. The molecule has 2 N–H and O–H groups in total. The van der Waals surface area contributed by atoms with Crippen LogP contribution >= 0.6 is 11.3 Å². The Labute approximate surface area is 160 Å². The van der Waals surface area contributed by atoms with E-state index in [4.69, 9.17) is 4.74 Å². The van der Waals surface area contributed by atoms with Gasteiger partial charge in [-0.1, -0.05) is 19.8 Å². The van der Waals surface area contributed by atoms with E-state index in [0.29, 0.717) is 0 Å². The first-order valence-electron chi connectivity index (χ1n) is 8.77. The second-order valence-corrected chi connectivity index (χ2v) is 7.30. The van der Waals surface area contributed by atoms with E-state index in [-0.39, 0.29) is 22.6 Å². The van der Waals surface area contributed by atoms with Crippen LogP contribution in [0, 0.1) is 0 Å². The van der Waals surface area contributed by atoms with Crippen LogP contribution in [0.3, 0.4) is 0 Å². The molecule has 0 aliphatic heterocycles. The summed E-state index contributed by atoms with van der Waals surface area (Å²) in [4.78, 5) is 22.6. The summed E-state index contributed by atoms with van der Waals surface area (Å²) in [5, 5.41) is 18.7. The number of hydrogen-bond acceptors (Lipinski definition) is 6. The van der Waals surface area contributed by atoms with E-state index >= 15 is 0 Å². The molecule has 3 aromatic rings. The molecule has 2 heterocycles. The molecule has 0 saturated carbocycles. The number of phenolic OH excluding ortho intramolecular Hbond substituents is 2. The number of ketones is 2. The third kappa shape index (κ3) is 4.11. The smallest absolute Gasteiger partial charge is 0.190 e. The maximum Gasteiger partial charge on any atom is 0.190 e. The number of fused-ring (bicyclic) bond motifs is 3. The fraction of sp³-hybridized carbons (Fsp3) is 0.238. The minimum absolute atomic E-state index is 0.127. The van der Waals surface area contributed by atoms with Gasteiger partial charge in [-0.3, -0.25) is 9.59 Å². The van der Waals surface area contributed by atoms with Gasteiger partial charge in [0.25, 0.3) is 0 Å². The summed E-state index contributed by atoms with van der Waals surface area (Å²) in [6.45, 7) is 3.07. The van der Waals surface area contributed by atoms with E-state index < -0.39 is 11.6 Å². The Kier molecular flexibility index (Phi) is 5.76. The number of hydrogen-bond donors (Lipinski definition) is 2. The molecule has 1 aliphatic rings. The lowest BCUT2D eigenvalue weighted by atomic mass is 9.93. The van der Waals surface area contributed by atoms with Crippen molar-refractivity contribution in [3.8, 4) is 17.2 Å². The van der Waals surface area contributed by atoms with Crippen LogP contribution in [0.5, 0.6) is 17.2 Å². The van der Waals surface area contributed by atoms with Crippen molar-refractivity contribution < 1.29 is 24.5 Å². The lowest BCUT2D eigenvalue weighted by molar-refractivity contribution is 0.0989. The minimum atomic E-state index is -0.479. The van der Waals surface area contributed by atoms with E-state index in [2.05, 4.69) is 25.1 Å². The summed E-state index contributed by atoms with van der Waals surface area (Å²) in [5.41, 5.74) is -0.255. The number of aromatic hydroxyl groups is 2. The summed E-state index contributed by atoms with van der Waals surface area (Å²) in [6, 6.07) is 8.76. The number of carbonyl (C=O) groups excluding carboxylic acids is 2. The Hall–Kier alpha value is -2.86. The monoisotopic (exact) mass is 384 g/mol. The van der Waals surface area contributed by atoms with E-state index in [1.165, 1.54) is 40.8 Å². The van der Waals surface area contributed by atoms with E-state index in [1.807, 2.05) is 11.3 Å². The predicted octanol–water partition coefficient (Wildman–Crippen LogP) is 4.94. The highest BCUT2D eigenvalue weighted by molar-refractivity contribution is 7.24. The Bertz CT molecular complexity index is 943. The number of allylic oxidation sites excluding steroid dienone is 2. The number of carbonyl (C=O) groups is 2. The van der Waals surface area contributed by atoms with Crippen LogP contribution in [-0.2, 0) is 0 Å². The van der Waals surface area contributed by atoms with Gasteiger partial charge in [-0.2, -0.15) is 0 Å². The van der Waals surface area contributed by atoms with Gasteiger partial charge in [0.2, 0.25) is 0 Å². The van der Waals surface area contributed by atoms with Crippen LogP contribution in [0.4, 0.5) is 0 Å². The molecule has 6 heteroatoms. The van der Waals surface area contributed by atoms with Crippen molar-refractivity contribution in [3.05, 3.63) is 53.6 Å². The minimum Gasteiger partial charge on any atom is -0.507 e. The first kappa shape index (κ1) is 18.9. The third-order valence-corrected chi connectivity index (χ3v) is 5.24. The standard InChI is InChI=1S/C11H14OS.C10H6O4/c1-2-3-4-7-12-10-8-9-5-6-11(10)13-9;11-5-1-2-6(12)10-8(14)4-3-7(13)9(5)10/h5-6,8H,2-4,7H2,1H3;1-4,11-12H. The zero-order valence-corrected chi connectivity index (χ0v) is 15.7. The van der Waals surface area contributed by atoms with Gasteiger partial charge < -0.3 is 14.9 Å². The van der Waals surface area contributed by atoms with Crippen molar-refractivity contribution in [1.82, 2.24) is 0 Å². The van der Waals surface area contributed by atoms with Crippen molar-refractivity contribution in [3.63, 3.8) is 0 Å². The van der Waals surface area contributed by atoms with Gasteiger partial charge in [0.15, 0.2) is 11.6 Å². The SMILES string of the molecule is CCCCCOc1cc2ccc1s2.O=C1C=CC(=O)c2c(O)ccc(O)c21. The third-order valence-electron chi connectivity index (χ3n) is 4.19. The van der Waals surface area contributed by atoms with Gasteiger partial charge in [0, 0.05) is 4.70 Å². The molecule has 0 spiro atoms. The highest BCUT2D eigenvalue weighted by Crippen LogP contribution is 2.34. The average molecular weight is 384 g/mol. The van der Waals surface area contributed by atoms with Crippen molar-refractivity contribution in [1.29, 1.82) is 0 Å². The first-order chi connectivity index (χ1) is 13.0. The average Bonchev–Trinajstić information content (AvgIpc) is 3.28. The van der Waals surface area contributed by atoms with E-state index in [0.717, 1.165) is 24.5 Å². The van der Waals surface area contributed by atoms with Crippen LogP contribution in [-0.4, -0.2) is 28.4 Å². The molecule has 2 aromatic heterocycles. The maximum absolute atomic E-state index is 11.3. The Balaban J connectivity index is 0.000000156. The van der Waals surface area contributed by atoms with E-state index in [9.17, 15) is 19.8 Å². The summed E-state index contributed by atoms with van der Waals surface area (Å²) < 4.78 is 8.27. The molecule has 1 aliphatic carbocycles. The molecule has 0 fully saturated rings. The van der Waals surface area contributed by atoms with Crippen molar-refractivity contribution in [2.45, 2.75) is 26.2 Å². The van der Waals surface area contributed by atoms with Gasteiger partial charge in [-0.15, -0.1) is 11.3 Å². The summed E-state index contributed by atoms with van der Waals surface area (Å²) in [5.74, 6) is -0.458. The summed E-state index contributed by atoms with van der Waals surface area (Å²) in [6.07, 6.45) is 5.84. The number of rotatable bonds is 5. The molecular formula is C21H20O5S. The lowest BCUT2D eigenvalue weighted by Crippen LogP contribution is -2.11. The van der Waals surface area contributed by atoms with Crippen LogP contribution in [0.25, 0.3) is 9.40 Å². The van der Waals surface area contributed by atoms with Crippen LogP contribution in [0.1, 0.15) is 46.9 Å². The zero-order valence-electron chi connectivity index (χ0n) is 14.9. The molecule has 5 nitrogen and oxygen atoms in total. The largest absolute Gasteiger partial charge is 0.507 e. The maximum atomic E-state index is 11.3. The molecule has 0 atom stereocenters. The molecule has 140 valence electrons. The second kappa shape index (κ2) is 8.22. The fourth-order valence-corrected chi connectivity index (χ4v) is 3.72. The molecule has 1 aromatic carbocycles. The molecule has 4 rings (SSSR count). The number of unbranched alkanes of at least 4 members (excludes halogenated alkanes) is 2.